The fraction of sp³-hybridized carbons (Fsp3) is 0.429. The first-order chi connectivity index (χ1) is 12.7. The molecule has 0 radical (unpaired) electrons. The molecule has 1 amide bonds. The van der Waals surface area contributed by atoms with Crippen LogP contribution in [-0.4, -0.2) is 37.6 Å². The third-order valence-corrected chi connectivity index (χ3v) is 5.01. The molecule has 5 nitrogen and oxygen atoms in total. The smallest absolute Gasteiger partial charge is 0.252 e. The number of anilines is 1. The molecule has 1 saturated heterocycles. The number of benzene rings is 1. The van der Waals surface area contributed by atoms with Gasteiger partial charge in [-0.25, -0.2) is 0 Å². The van der Waals surface area contributed by atoms with E-state index in [0.29, 0.717) is 12.1 Å². The highest BCUT2D eigenvalue weighted by molar-refractivity contribution is 5.94. The molecular formula is C21H27N3O2. The molecule has 1 N–H and O–H groups in total. The molecule has 0 atom stereocenters. The summed E-state index contributed by atoms with van der Waals surface area (Å²) in [7, 11) is 1.66. The number of para-hydroxylation sites is 1. The maximum absolute atomic E-state index is 12.5. The van der Waals surface area contributed by atoms with Crippen molar-refractivity contribution < 1.29 is 9.53 Å². The lowest BCUT2D eigenvalue weighted by molar-refractivity contribution is 0.0953. The van der Waals surface area contributed by atoms with E-state index >= 15 is 0 Å². The highest BCUT2D eigenvalue weighted by Gasteiger charge is 2.17. The van der Waals surface area contributed by atoms with Crippen LogP contribution in [0, 0.1) is 5.92 Å². The molecular weight excluding hydrogens is 326 g/mol. The summed E-state index contributed by atoms with van der Waals surface area (Å²) >= 11 is 0. The lowest BCUT2D eigenvalue weighted by atomic mass is 9.99. The normalized spacial score (nSPS) is 14.9. The van der Waals surface area contributed by atoms with Gasteiger partial charge in [-0.3, -0.25) is 9.78 Å². The molecule has 2 aromatic rings. The number of piperidine rings is 1. The Morgan fingerprint density at radius 2 is 2.04 bits per heavy atom. The first-order valence-electron chi connectivity index (χ1n) is 9.27. The predicted octanol–water partition coefficient (Wildman–Crippen LogP) is 3.30. The zero-order chi connectivity index (χ0) is 18.4. The van der Waals surface area contributed by atoms with Gasteiger partial charge in [0.25, 0.3) is 5.91 Å². The van der Waals surface area contributed by atoms with Crippen molar-refractivity contribution in [3.63, 3.8) is 0 Å². The summed E-state index contributed by atoms with van der Waals surface area (Å²) in [6.07, 6.45) is 6.59. The van der Waals surface area contributed by atoms with Gasteiger partial charge in [-0.05, 0) is 42.9 Å². The summed E-state index contributed by atoms with van der Waals surface area (Å²) < 4.78 is 5.35. The topological polar surface area (TPSA) is 54.5 Å². The van der Waals surface area contributed by atoms with Crippen LogP contribution in [0.1, 0.15) is 35.7 Å². The largest absolute Gasteiger partial charge is 0.496 e. The number of nitrogens with one attached hydrogen (secondary N) is 1. The second-order valence-electron chi connectivity index (χ2n) is 6.92. The molecule has 3 rings (SSSR count). The molecule has 0 saturated carbocycles. The third kappa shape index (κ3) is 4.54. The van der Waals surface area contributed by atoms with E-state index < -0.39 is 0 Å². The van der Waals surface area contributed by atoms with Crippen molar-refractivity contribution in [2.24, 2.45) is 5.92 Å². The first kappa shape index (κ1) is 18.2. The van der Waals surface area contributed by atoms with Gasteiger partial charge in [0.2, 0.25) is 0 Å². The van der Waals surface area contributed by atoms with Crippen LogP contribution in [0.3, 0.4) is 0 Å². The first-order valence-corrected chi connectivity index (χ1v) is 9.27. The van der Waals surface area contributed by atoms with Crippen LogP contribution in [0.4, 0.5) is 5.69 Å². The Labute approximate surface area is 155 Å². The quantitative estimate of drug-likeness (QED) is 0.866. The molecule has 5 heteroatoms. The molecule has 1 aliphatic heterocycles. The zero-order valence-electron chi connectivity index (χ0n) is 15.6. The molecule has 2 heterocycles. The minimum absolute atomic E-state index is 0.0837. The number of methoxy groups -OCH3 is 1. The van der Waals surface area contributed by atoms with Crippen LogP contribution in [0.2, 0.25) is 0 Å². The number of aromatic nitrogens is 1. The van der Waals surface area contributed by atoms with Crippen LogP contribution >= 0.6 is 0 Å². The summed E-state index contributed by atoms with van der Waals surface area (Å²) in [6, 6.07) is 9.82. The van der Waals surface area contributed by atoms with Crippen molar-refractivity contribution in [2.75, 3.05) is 31.6 Å². The van der Waals surface area contributed by atoms with E-state index in [1.165, 1.54) is 12.8 Å². The third-order valence-electron chi connectivity index (χ3n) is 5.01. The summed E-state index contributed by atoms with van der Waals surface area (Å²) in [5.41, 5.74) is 2.74. The van der Waals surface area contributed by atoms with Gasteiger partial charge in [-0.1, -0.05) is 25.1 Å². The lowest BCUT2D eigenvalue weighted by Gasteiger charge is -2.32. The molecule has 0 bridgehead atoms. The highest BCUT2D eigenvalue weighted by Crippen LogP contribution is 2.23. The number of carbonyl (C=O) groups excluding carboxylic acids is 1. The maximum Gasteiger partial charge on any atom is 0.252 e. The Hall–Kier alpha value is -2.56. The van der Waals surface area contributed by atoms with Gasteiger partial charge in [0, 0.05) is 25.8 Å². The fourth-order valence-electron chi connectivity index (χ4n) is 3.31. The monoisotopic (exact) mass is 353 g/mol. The molecule has 0 unspecified atom stereocenters. The van der Waals surface area contributed by atoms with Crippen molar-refractivity contribution in [3.05, 3.63) is 53.9 Å². The Balaban J connectivity index is 1.57. The molecule has 138 valence electrons. The van der Waals surface area contributed by atoms with Gasteiger partial charge in [0.15, 0.2) is 0 Å². The predicted molar refractivity (Wildman–Crippen MR) is 104 cm³/mol. The number of carbonyl (C=O) groups is 1. The van der Waals surface area contributed by atoms with Crippen LogP contribution in [-0.2, 0) is 6.42 Å². The summed E-state index contributed by atoms with van der Waals surface area (Å²) in [5.74, 6) is 1.55. The van der Waals surface area contributed by atoms with E-state index in [2.05, 4.69) is 22.1 Å². The van der Waals surface area contributed by atoms with Gasteiger partial charge in [-0.2, -0.15) is 0 Å². The van der Waals surface area contributed by atoms with Crippen molar-refractivity contribution >= 4 is 11.6 Å². The number of nitrogens with zero attached hydrogens (tertiary/aromatic N) is 2. The SMILES string of the molecule is COc1ccccc1CCNC(=O)c1cncc(N2CCC(C)CC2)c1. The van der Waals surface area contributed by atoms with Crippen molar-refractivity contribution in [1.82, 2.24) is 10.3 Å². The number of hydrogen-bond acceptors (Lipinski definition) is 4. The van der Waals surface area contributed by atoms with E-state index in [9.17, 15) is 4.79 Å². The fourth-order valence-corrected chi connectivity index (χ4v) is 3.31. The van der Waals surface area contributed by atoms with Gasteiger partial charge >= 0.3 is 0 Å². The Bertz CT molecular complexity index is 740. The van der Waals surface area contributed by atoms with Crippen LogP contribution < -0.4 is 15.0 Å². The average molecular weight is 353 g/mol. The van der Waals surface area contributed by atoms with E-state index in [0.717, 1.165) is 42.4 Å². The molecule has 1 fully saturated rings. The number of pyridine rings is 1. The molecule has 26 heavy (non-hydrogen) atoms. The second kappa shape index (κ2) is 8.70. The molecule has 0 spiro atoms. The van der Waals surface area contributed by atoms with Gasteiger partial charge < -0.3 is 15.0 Å². The Morgan fingerprint density at radius 3 is 2.81 bits per heavy atom. The summed E-state index contributed by atoms with van der Waals surface area (Å²) in [4.78, 5) is 19.1. The number of rotatable bonds is 6. The van der Waals surface area contributed by atoms with Crippen molar-refractivity contribution in [2.45, 2.75) is 26.2 Å². The van der Waals surface area contributed by atoms with Crippen molar-refractivity contribution in [3.8, 4) is 5.75 Å². The number of ether oxygens (including phenoxy) is 1. The van der Waals surface area contributed by atoms with Crippen LogP contribution in [0.15, 0.2) is 42.7 Å². The summed E-state index contributed by atoms with van der Waals surface area (Å²) in [5, 5.41) is 2.98. The second-order valence-corrected chi connectivity index (χ2v) is 6.92. The van der Waals surface area contributed by atoms with E-state index in [1.54, 1.807) is 13.3 Å². The number of hydrogen-bond donors (Lipinski definition) is 1. The van der Waals surface area contributed by atoms with E-state index in [4.69, 9.17) is 4.74 Å². The molecule has 0 aliphatic carbocycles. The highest BCUT2D eigenvalue weighted by atomic mass is 16.5. The van der Waals surface area contributed by atoms with Gasteiger partial charge in [0.1, 0.15) is 5.75 Å². The van der Waals surface area contributed by atoms with Crippen molar-refractivity contribution in [1.29, 1.82) is 0 Å². The molecule has 1 aliphatic rings. The van der Waals surface area contributed by atoms with Crippen LogP contribution in [0.5, 0.6) is 5.75 Å². The van der Waals surface area contributed by atoms with Gasteiger partial charge in [0.05, 0.1) is 24.6 Å². The van der Waals surface area contributed by atoms with Crippen LogP contribution in [0.25, 0.3) is 0 Å². The molecule has 1 aromatic carbocycles. The summed E-state index contributed by atoms with van der Waals surface area (Å²) in [6.45, 7) is 4.91. The molecule has 1 aromatic heterocycles. The average Bonchev–Trinajstić information content (AvgIpc) is 2.69. The number of amides is 1. The lowest BCUT2D eigenvalue weighted by Crippen LogP contribution is -2.33. The Kier molecular flexibility index (Phi) is 6.10. The van der Waals surface area contributed by atoms with E-state index in [-0.39, 0.29) is 5.91 Å². The minimum Gasteiger partial charge on any atom is -0.496 e. The van der Waals surface area contributed by atoms with E-state index in [1.807, 2.05) is 36.5 Å². The Morgan fingerprint density at radius 1 is 1.27 bits per heavy atom. The standard InChI is InChI=1S/C21H27N3O2/c1-16-8-11-24(12-9-16)19-13-18(14-22-15-19)21(25)23-10-7-17-5-3-4-6-20(17)26-2/h3-6,13-16H,7-12H2,1-2H3,(H,23,25). The van der Waals surface area contributed by atoms with Gasteiger partial charge in [-0.15, -0.1) is 0 Å². The minimum atomic E-state index is -0.0837. The maximum atomic E-state index is 12.5. The zero-order valence-corrected chi connectivity index (χ0v) is 15.6.